The minimum atomic E-state index is -2.46. The average Bonchev–Trinajstić information content (AvgIpc) is 2.56. The molecule has 0 aromatic heterocycles. The van der Waals surface area contributed by atoms with Gasteiger partial charge in [0.05, 0.1) is 0 Å². The SMILES string of the molecule is C=CC(=O)O.C=CC(=O)O.C=CC(=O)O.C=CC(=O)O.CCC(O)(O)O. The number of aliphatic carboxylic acids is 4. The Morgan fingerprint density at radius 1 is 0.654 bits per heavy atom. The molecule has 0 aliphatic carbocycles. The number of aliphatic hydroxyl groups is 3. The molecule has 0 saturated heterocycles. The average molecular weight is 380 g/mol. The standard InChI is InChI=1S/C3H8O3.4C3H4O2/c1-2-3(4,5)6;4*1-2-3(4)5/h4-6H,2H2,1H3;4*2H,1H2,(H,4,5). The van der Waals surface area contributed by atoms with E-state index in [1.807, 2.05) is 0 Å². The maximum atomic E-state index is 9.25. The molecule has 0 aromatic carbocycles. The van der Waals surface area contributed by atoms with E-state index in [1.54, 1.807) is 0 Å². The fourth-order valence-corrected chi connectivity index (χ4v) is 0. The van der Waals surface area contributed by atoms with Crippen molar-refractivity contribution >= 4 is 23.9 Å². The summed E-state index contributed by atoms with van der Waals surface area (Å²) in [4.78, 5) is 37.0. The summed E-state index contributed by atoms with van der Waals surface area (Å²) < 4.78 is 0. The molecule has 0 atom stereocenters. The van der Waals surface area contributed by atoms with Crippen molar-refractivity contribution in [1.82, 2.24) is 0 Å². The first-order chi connectivity index (χ1) is 11.6. The van der Waals surface area contributed by atoms with E-state index in [-0.39, 0.29) is 6.42 Å². The summed E-state index contributed by atoms with van der Waals surface area (Å²) in [6, 6.07) is 0. The molecule has 0 amide bonds. The van der Waals surface area contributed by atoms with Crippen LogP contribution in [0.3, 0.4) is 0 Å². The smallest absolute Gasteiger partial charge is 0.327 e. The van der Waals surface area contributed by atoms with Crippen molar-refractivity contribution in [3.8, 4) is 0 Å². The van der Waals surface area contributed by atoms with Crippen molar-refractivity contribution < 1.29 is 54.9 Å². The van der Waals surface area contributed by atoms with Gasteiger partial charge in [0, 0.05) is 30.7 Å². The van der Waals surface area contributed by atoms with Crippen LogP contribution in [0.25, 0.3) is 0 Å². The van der Waals surface area contributed by atoms with E-state index < -0.39 is 29.9 Å². The Kier molecular flexibility index (Phi) is 31.5. The van der Waals surface area contributed by atoms with E-state index in [4.69, 9.17) is 35.7 Å². The van der Waals surface area contributed by atoms with Crippen LogP contribution in [-0.2, 0) is 19.2 Å². The highest BCUT2D eigenvalue weighted by Crippen LogP contribution is 1.95. The van der Waals surface area contributed by atoms with Crippen LogP contribution in [0.4, 0.5) is 0 Å². The van der Waals surface area contributed by atoms with Crippen LogP contribution >= 0.6 is 0 Å². The highest BCUT2D eigenvalue weighted by molar-refractivity contribution is 5.79. The Labute approximate surface area is 149 Å². The van der Waals surface area contributed by atoms with Crippen LogP contribution in [0.5, 0.6) is 0 Å². The van der Waals surface area contributed by atoms with Gasteiger partial charge in [0.25, 0.3) is 5.97 Å². The van der Waals surface area contributed by atoms with Gasteiger partial charge in [0.1, 0.15) is 0 Å². The van der Waals surface area contributed by atoms with Gasteiger partial charge in [-0.15, -0.1) is 0 Å². The Hall–Kier alpha value is -3.28. The molecule has 0 bridgehead atoms. The molecular weight excluding hydrogens is 356 g/mol. The van der Waals surface area contributed by atoms with Crippen molar-refractivity contribution in [2.45, 2.75) is 19.3 Å². The molecule has 11 nitrogen and oxygen atoms in total. The zero-order chi connectivity index (χ0) is 22.3. The Balaban J connectivity index is -0.0000000708. The third-order valence-electron chi connectivity index (χ3n) is 1.17. The molecule has 7 N–H and O–H groups in total. The van der Waals surface area contributed by atoms with Crippen LogP contribution in [0, 0.1) is 0 Å². The lowest BCUT2D eigenvalue weighted by Gasteiger charge is -2.08. The summed E-state index contributed by atoms with van der Waals surface area (Å²) in [5, 5.41) is 54.2. The second kappa shape index (κ2) is 24.0. The summed E-state index contributed by atoms with van der Waals surface area (Å²) in [6.45, 7) is 13.3. The highest BCUT2D eigenvalue weighted by Gasteiger charge is 2.11. The maximum absolute atomic E-state index is 9.25. The summed E-state index contributed by atoms with van der Waals surface area (Å²) >= 11 is 0. The Morgan fingerprint density at radius 2 is 0.731 bits per heavy atom. The number of hydrogen-bond acceptors (Lipinski definition) is 7. The molecule has 0 heterocycles. The molecule has 0 aliphatic heterocycles. The van der Waals surface area contributed by atoms with Crippen LogP contribution < -0.4 is 0 Å². The van der Waals surface area contributed by atoms with E-state index in [9.17, 15) is 19.2 Å². The lowest BCUT2D eigenvalue weighted by molar-refractivity contribution is -0.312. The largest absolute Gasteiger partial charge is 0.478 e. The summed E-state index contributed by atoms with van der Waals surface area (Å²) in [5.41, 5.74) is 0. The van der Waals surface area contributed by atoms with Crippen molar-refractivity contribution in [2.75, 3.05) is 0 Å². The van der Waals surface area contributed by atoms with Crippen molar-refractivity contribution in [3.63, 3.8) is 0 Å². The van der Waals surface area contributed by atoms with Gasteiger partial charge in [-0.05, 0) is 0 Å². The second-order valence-electron chi connectivity index (χ2n) is 3.30. The summed E-state index contributed by atoms with van der Waals surface area (Å²) in [6.07, 6.45) is 3.27. The second-order valence-corrected chi connectivity index (χ2v) is 3.30. The molecule has 0 aliphatic rings. The molecule has 0 aromatic rings. The van der Waals surface area contributed by atoms with E-state index in [1.165, 1.54) is 6.92 Å². The van der Waals surface area contributed by atoms with E-state index in [0.29, 0.717) is 0 Å². The predicted octanol–water partition coefficient (Wildman–Crippen LogP) is 0.0551. The lowest BCUT2D eigenvalue weighted by atomic mass is 10.4. The first-order valence-electron chi connectivity index (χ1n) is 6.23. The predicted molar refractivity (Wildman–Crippen MR) is 91.0 cm³/mol. The fraction of sp³-hybridized carbons (Fsp3) is 0.200. The third kappa shape index (κ3) is 135. The number of hydrogen-bond donors (Lipinski definition) is 7. The highest BCUT2D eigenvalue weighted by atomic mass is 16.7. The van der Waals surface area contributed by atoms with E-state index in [2.05, 4.69) is 26.3 Å². The van der Waals surface area contributed by atoms with Gasteiger partial charge in [0.15, 0.2) is 0 Å². The van der Waals surface area contributed by atoms with E-state index in [0.717, 1.165) is 24.3 Å². The van der Waals surface area contributed by atoms with Crippen LogP contribution in [0.2, 0.25) is 0 Å². The molecule has 0 rings (SSSR count). The maximum Gasteiger partial charge on any atom is 0.327 e. The molecule has 0 unspecified atom stereocenters. The molecule has 26 heavy (non-hydrogen) atoms. The molecule has 11 heteroatoms. The van der Waals surface area contributed by atoms with Gasteiger partial charge in [-0.1, -0.05) is 33.2 Å². The van der Waals surface area contributed by atoms with Gasteiger partial charge in [-0.25, -0.2) is 19.2 Å². The van der Waals surface area contributed by atoms with Crippen LogP contribution in [0.1, 0.15) is 13.3 Å². The Morgan fingerprint density at radius 3 is 0.731 bits per heavy atom. The number of rotatable bonds is 5. The van der Waals surface area contributed by atoms with E-state index >= 15 is 0 Å². The summed E-state index contributed by atoms with van der Waals surface area (Å²) in [5.74, 6) is -6.38. The van der Waals surface area contributed by atoms with Gasteiger partial charge in [-0.2, -0.15) is 0 Å². The topological polar surface area (TPSA) is 210 Å². The molecule has 0 saturated carbocycles. The zero-order valence-corrected chi connectivity index (χ0v) is 14.1. The van der Waals surface area contributed by atoms with Crippen molar-refractivity contribution in [2.24, 2.45) is 0 Å². The molecule has 0 radical (unpaired) electrons. The fourth-order valence-electron chi connectivity index (χ4n) is 0. The number of carbonyl (C=O) groups is 4. The minimum absolute atomic E-state index is 0.0625. The van der Waals surface area contributed by atoms with Gasteiger partial charge in [0.2, 0.25) is 0 Å². The molecular formula is C15H24O11. The normalized spacial score (nSPS) is 7.69. The van der Waals surface area contributed by atoms with Crippen LogP contribution in [0.15, 0.2) is 50.6 Å². The minimum Gasteiger partial charge on any atom is -0.478 e. The summed E-state index contributed by atoms with van der Waals surface area (Å²) in [7, 11) is 0. The lowest BCUT2D eigenvalue weighted by Crippen LogP contribution is -2.24. The third-order valence-corrected chi connectivity index (χ3v) is 1.17. The van der Waals surface area contributed by atoms with Crippen molar-refractivity contribution in [3.05, 3.63) is 50.6 Å². The van der Waals surface area contributed by atoms with Gasteiger partial charge in [-0.3, -0.25) is 0 Å². The van der Waals surface area contributed by atoms with Gasteiger partial charge >= 0.3 is 23.9 Å². The first kappa shape index (κ1) is 34.1. The molecule has 0 fully saturated rings. The van der Waals surface area contributed by atoms with Gasteiger partial charge < -0.3 is 35.7 Å². The molecule has 150 valence electrons. The monoisotopic (exact) mass is 380 g/mol. The van der Waals surface area contributed by atoms with Crippen LogP contribution in [-0.4, -0.2) is 65.6 Å². The Bertz CT molecular complexity index is 387. The quantitative estimate of drug-likeness (QED) is 0.250. The van der Waals surface area contributed by atoms with Crippen molar-refractivity contribution in [1.29, 1.82) is 0 Å². The number of carboxylic acids is 4. The first-order valence-corrected chi connectivity index (χ1v) is 6.23. The zero-order valence-electron chi connectivity index (χ0n) is 14.1. The molecule has 0 spiro atoms. The number of carboxylic acid groups (broad SMARTS) is 4.